The van der Waals surface area contributed by atoms with Crippen LogP contribution < -0.4 is 5.32 Å². The van der Waals surface area contributed by atoms with Gasteiger partial charge >= 0.3 is 5.97 Å². The van der Waals surface area contributed by atoms with Crippen LogP contribution in [0.15, 0.2) is 30.3 Å². The van der Waals surface area contributed by atoms with Gasteiger partial charge in [0.1, 0.15) is 0 Å². The van der Waals surface area contributed by atoms with E-state index in [1.807, 2.05) is 19.1 Å². The Bertz CT molecular complexity index is 482. The third-order valence-corrected chi connectivity index (χ3v) is 3.02. The topological polar surface area (TPSA) is 66.4 Å². The van der Waals surface area contributed by atoms with Gasteiger partial charge in [-0.3, -0.25) is 9.59 Å². The lowest BCUT2D eigenvalue weighted by molar-refractivity contribution is -0.137. The van der Waals surface area contributed by atoms with Gasteiger partial charge in [-0.25, -0.2) is 0 Å². The molecule has 1 atom stereocenters. The summed E-state index contributed by atoms with van der Waals surface area (Å²) in [6.45, 7) is 2.38. The maximum absolute atomic E-state index is 11.6. The molecule has 0 aliphatic carbocycles. The molecule has 0 spiro atoms. The minimum Gasteiger partial charge on any atom is -0.481 e. The van der Waals surface area contributed by atoms with Gasteiger partial charge in [-0.05, 0) is 36.1 Å². The molecule has 0 fully saturated rings. The Morgan fingerprint density at radius 2 is 2.00 bits per heavy atom. The van der Waals surface area contributed by atoms with Crippen molar-refractivity contribution in [2.45, 2.75) is 19.8 Å². The molecule has 4 nitrogen and oxygen atoms in total. The van der Waals surface area contributed by atoms with Crippen LogP contribution >= 0.6 is 11.6 Å². The van der Waals surface area contributed by atoms with Crippen molar-refractivity contribution in [3.8, 4) is 0 Å². The zero-order chi connectivity index (χ0) is 15.0. The van der Waals surface area contributed by atoms with E-state index in [1.165, 1.54) is 6.08 Å². The predicted molar refractivity (Wildman–Crippen MR) is 79.5 cm³/mol. The molecule has 0 aliphatic rings. The highest BCUT2D eigenvalue weighted by atomic mass is 35.5. The van der Waals surface area contributed by atoms with Crippen LogP contribution in [0.25, 0.3) is 6.08 Å². The molecule has 0 bridgehead atoms. The zero-order valence-electron chi connectivity index (χ0n) is 11.3. The molecule has 1 unspecified atom stereocenters. The number of aliphatic carboxylic acids is 1. The Balaban J connectivity index is 2.32. The Morgan fingerprint density at radius 1 is 1.35 bits per heavy atom. The summed E-state index contributed by atoms with van der Waals surface area (Å²) in [6.07, 6.45) is 3.83. The highest BCUT2D eigenvalue weighted by Crippen LogP contribution is 2.10. The number of rotatable bonds is 7. The van der Waals surface area contributed by atoms with Gasteiger partial charge in [0.25, 0.3) is 0 Å². The zero-order valence-corrected chi connectivity index (χ0v) is 12.1. The SMILES string of the molecule is CC(CCC(=O)O)CNC(=O)/C=C/c1ccc(Cl)cc1. The molecule has 1 aromatic rings. The van der Waals surface area contributed by atoms with Crippen LogP contribution in [0.2, 0.25) is 5.02 Å². The second-order valence-corrected chi connectivity index (χ2v) is 5.10. The first-order chi connectivity index (χ1) is 9.47. The molecule has 1 rings (SSSR count). The van der Waals surface area contributed by atoms with E-state index >= 15 is 0 Å². The summed E-state index contributed by atoms with van der Waals surface area (Å²) in [5.41, 5.74) is 0.892. The van der Waals surface area contributed by atoms with Crippen LogP contribution in [0.4, 0.5) is 0 Å². The third kappa shape index (κ3) is 6.95. The highest BCUT2D eigenvalue weighted by Gasteiger charge is 2.06. The molecule has 0 aromatic heterocycles. The molecule has 0 radical (unpaired) electrons. The van der Waals surface area contributed by atoms with Crippen molar-refractivity contribution in [3.63, 3.8) is 0 Å². The van der Waals surface area contributed by atoms with E-state index in [9.17, 15) is 9.59 Å². The van der Waals surface area contributed by atoms with E-state index in [0.29, 0.717) is 18.0 Å². The Morgan fingerprint density at radius 3 is 2.60 bits per heavy atom. The molecule has 108 valence electrons. The molecule has 1 aromatic carbocycles. The summed E-state index contributed by atoms with van der Waals surface area (Å²) in [5.74, 6) is -0.869. The number of carbonyl (C=O) groups is 2. The maximum Gasteiger partial charge on any atom is 0.303 e. The van der Waals surface area contributed by atoms with Gasteiger partial charge < -0.3 is 10.4 Å². The van der Waals surface area contributed by atoms with Gasteiger partial charge in [-0.15, -0.1) is 0 Å². The molecule has 0 heterocycles. The fourth-order valence-electron chi connectivity index (χ4n) is 1.55. The van der Waals surface area contributed by atoms with Gasteiger partial charge in [-0.1, -0.05) is 30.7 Å². The predicted octanol–water partition coefficient (Wildman–Crippen LogP) is 2.97. The van der Waals surface area contributed by atoms with Crippen molar-refractivity contribution in [1.29, 1.82) is 0 Å². The number of hydrogen-bond acceptors (Lipinski definition) is 2. The molecule has 1 amide bonds. The van der Waals surface area contributed by atoms with Crippen LogP contribution in [-0.2, 0) is 9.59 Å². The van der Waals surface area contributed by atoms with Gasteiger partial charge in [0.15, 0.2) is 0 Å². The Hall–Kier alpha value is -1.81. The molecule has 0 saturated heterocycles. The Kier molecular flexibility index (Phi) is 6.81. The van der Waals surface area contributed by atoms with Gasteiger partial charge in [0, 0.05) is 24.1 Å². The second kappa shape index (κ2) is 8.38. The standard InChI is InChI=1S/C15H18ClNO3/c1-11(2-9-15(19)20)10-17-14(18)8-5-12-3-6-13(16)7-4-12/h3-8,11H,2,9-10H2,1H3,(H,17,18)(H,19,20)/b8-5+. The first-order valence-corrected chi connectivity index (χ1v) is 6.78. The molecular weight excluding hydrogens is 278 g/mol. The molecule has 0 saturated carbocycles. The molecule has 5 heteroatoms. The fourth-order valence-corrected chi connectivity index (χ4v) is 1.68. The summed E-state index contributed by atoms with van der Waals surface area (Å²) in [5, 5.41) is 12.0. The van der Waals surface area contributed by atoms with Gasteiger partial charge in [0.2, 0.25) is 5.91 Å². The van der Waals surface area contributed by atoms with Crippen LogP contribution in [0.5, 0.6) is 0 Å². The number of hydrogen-bond donors (Lipinski definition) is 2. The normalized spacial score (nSPS) is 12.3. The lowest BCUT2D eigenvalue weighted by Crippen LogP contribution is -2.26. The van der Waals surface area contributed by atoms with Crippen LogP contribution in [0.3, 0.4) is 0 Å². The summed E-state index contributed by atoms with van der Waals surface area (Å²) >= 11 is 5.77. The average molecular weight is 296 g/mol. The van der Waals surface area contributed by atoms with E-state index < -0.39 is 5.97 Å². The number of nitrogens with one attached hydrogen (secondary N) is 1. The first kappa shape index (κ1) is 16.2. The third-order valence-electron chi connectivity index (χ3n) is 2.77. The maximum atomic E-state index is 11.6. The quantitative estimate of drug-likeness (QED) is 0.760. The molecular formula is C15H18ClNO3. The molecule has 20 heavy (non-hydrogen) atoms. The first-order valence-electron chi connectivity index (χ1n) is 6.40. The monoisotopic (exact) mass is 295 g/mol. The minimum absolute atomic E-state index is 0.123. The number of amides is 1. The lowest BCUT2D eigenvalue weighted by atomic mass is 10.1. The summed E-state index contributed by atoms with van der Waals surface area (Å²) < 4.78 is 0. The van der Waals surface area contributed by atoms with Gasteiger partial charge in [-0.2, -0.15) is 0 Å². The van der Waals surface area contributed by atoms with Crippen LogP contribution in [-0.4, -0.2) is 23.5 Å². The van der Waals surface area contributed by atoms with Crippen LogP contribution in [0.1, 0.15) is 25.3 Å². The van der Waals surface area contributed by atoms with Gasteiger partial charge in [0.05, 0.1) is 0 Å². The molecule has 2 N–H and O–H groups in total. The number of carboxylic acids is 1. The average Bonchev–Trinajstić information content (AvgIpc) is 2.42. The molecule has 0 aliphatic heterocycles. The van der Waals surface area contributed by atoms with Crippen molar-refractivity contribution in [2.24, 2.45) is 5.92 Å². The summed E-state index contributed by atoms with van der Waals surface area (Å²) in [4.78, 5) is 22.0. The van der Waals surface area contributed by atoms with Crippen LogP contribution in [0, 0.1) is 5.92 Å². The van der Waals surface area contributed by atoms with E-state index in [2.05, 4.69) is 5.32 Å². The number of carbonyl (C=O) groups excluding carboxylic acids is 1. The van der Waals surface area contributed by atoms with E-state index in [-0.39, 0.29) is 18.2 Å². The highest BCUT2D eigenvalue weighted by molar-refractivity contribution is 6.30. The minimum atomic E-state index is -0.814. The van der Waals surface area contributed by atoms with Crippen molar-refractivity contribution in [3.05, 3.63) is 40.9 Å². The smallest absolute Gasteiger partial charge is 0.303 e. The number of carboxylic acid groups (broad SMARTS) is 1. The number of benzene rings is 1. The fraction of sp³-hybridized carbons (Fsp3) is 0.333. The largest absolute Gasteiger partial charge is 0.481 e. The van der Waals surface area contributed by atoms with Crippen molar-refractivity contribution in [2.75, 3.05) is 6.54 Å². The Labute approximate surface area is 123 Å². The lowest BCUT2D eigenvalue weighted by Gasteiger charge is -2.09. The summed E-state index contributed by atoms with van der Waals surface area (Å²) in [7, 11) is 0. The summed E-state index contributed by atoms with van der Waals surface area (Å²) in [6, 6.07) is 7.16. The van der Waals surface area contributed by atoms with Crippen molar-refractivity contribution >= 4 is 29.6 Å². The van der Waals surface area contributed by atoms with Crippen molar-refractivity contribution < 1.29 is 14.7 Å². The second-order valence-electron chi connectivity index (χ2n) is 4.67. The van der Waals surface area contributed by atoms with E-state index in [4.69, 9.17) is 16.7 Å². The van der Waals surface area contributed by atoms with E-state index in [0.717, 1.165) is 5.56 Å². The van der Waals surface area contributed by atoms with E-state index in [1.54, 1.807) is 18.2 Å². The number of halogens is 1. The van der Waals surface area contributed by atoms with Crippen molar-refractivity contribution in [1.82, 2.24) is 5.32 Å².